The summed E-state index contributed by atoms with van der Waals surface area (Å²) in [6, 6.07) is 11.2. The molecule has 5 N–H and O–H groups in total. The van der Waals surface area contributed by atoms with E-state index in [0.29, 0.717) is 52.2 Å². The predicted molar refractivity (Wildman–Crippen MR) is 229 cm³/mol. The van der Waals surface area contributed by atoms with Crippen LogP contribution < -0.4 is 20.9 Å². The summed E-state index contributed by atoms with van der Waals surface area (Å²) in [5.74, 6) is -0.918. The Morgan fingerprint density at radius 1 is 0.922 bits per heavy atom. The number of hydrogen-bond acceptors (Lipinski definition) is 13. The molecule has 3 saturated heterocycles. The number of oxazole rings is 1. The van der Waals surface area contributed by atoms with Gasteiger partial charge in [-0.25, -0.2) is 4.98 Å². The number of imide groups is 2. The second-order valence-electron chi connectivity index (χ2n) is 18.8. The number of carbonyl (C=O) groups is 4. The smallest absolute Gasteiger partial charge is 0.423 e. The summed E-state index contributed by atoms with van der Waals surface area (Å²) in [6.07, 6.45) is 1.56. The van der Waals surface area contributed by atoms with E-state index in [1.54, 1.807) is 44.2 Å². The first-order valence-corrected chi connectivity index (χ1v) is 22.2. The first-order valence-electron chi connectivity index (χ1n) is 22.2. The van der Waals surface area contributed by atoms with Crippen molar-refractivity contribution < 1.29 is 47.0 Å². The number of aromatic nitrogens is 2. The monoisotopic (exact) mass is 886 g/mol. The number of amides is 4. The minimum atomic E-state index is -4.67. The van der Waals surface area contributed by atoms with Gasteiger partial charge in [0, 0.05) is 55.6 Å². The molecule has 1 aliphatic carbocycles. The van der Waals surface area contributed by atoms with Crippen molar-refractivity contribution in [2.75, 3.05) is 54.8 Å². The summed E-state index contributed by atoms with van der Waals surface area (Å²) >= 11 is 0. The molecular formula is C46H53F3N8O7. The number of alkyl halides is 3. The molecule has 2 unspecified atom stereocenters. The van der Waals surface area contributed by atoms with Gasteiger partial charge in [-0.2, -0.15) is 18.2 Å². The van der Waals surface area contributed by atoms with Gasteiger partial charge in [0.1, 0.15) is 17.3 Å². The van der Waals surface area contributed by atoms with Gasteiger partial charge < -0.3 is 35.1 Å². The molecule has 1 saturated carbocycles. The highest BCUT2D eigenvalue weighted by molar-refractivity contribution is 6.25. The molecule has 4 fully saturated rings. The number of benzene rings is 2. The molecule has 4 amide bonds. The molecule has 18 heteroatoms. The van der Waals surface area contributed by atoms with E-state index in [1.165, 1.54) is 37.8 Å². The summed E-state index contributed by atoms with van der Waals surface area (Å²) in [7, 11) is 0. The van der Waals surface area contributed by atoms with Gasteiger partial charge in [0.25, 0.3) is 17.8 Å². The Labute approximate surface area is 367 Å². The van der Waals surface area contributed by atoms with Crippen molar-refractivity contribution >= 4 is 52.1 Å². The van der Waals surface area contributed by atoms with Crippen LogP contribution in [-0.2, 0) is 21.4 Å². The van der Waals surface area contributed by atoms with Crippen LogP contribution in [0.15, 0.2) is 52.9 Å². The van der Waals surface area contributed by atoms with Crippen LogP contribution in [0.4, 0.5) is 30.6 Å². The van der Waals surface area contributed by atoms with Gasteiger partial charge in [-0.3, -0.25) is 29.4 Å². The SMILES string of the molecule is CC(C)(O)c1cc2nc(N3CCC(CN4CCC5(CC4)CC(CCNc4cccc6c4C(=O)N(C4CCC(=O)NC4=O)C6=O)C5)CC3)oc2cc1NC(O)c1cccc(C(F)(F)F)n1. The van der Waals surface area contributed by atoms with Crippen LogP contribution in [-0.4, -0.2) is 98.9 Å². The van der Waals surface area contributed by atoms with Crippen molar-refractivity contribution in [2.45, 2.75) is 95.7 Å². The normalized spacial score (nSPS) is 21.6. The highest BCUT2D eigenvalue weighted by Crippen LogP contribution is 2.54. The number of likely N-dealkylation sites (tertiary alicyclic amines) is 1. The van der Waals surface area contributed by atoms with Crippen LogP contribution in [0.2, 0.25) is 0 Å². The third kappa shape index (κ3) is 8.66. The van der Waals surface area contributed by atoms with E-state index in [0.717, 1.165) is 63.0 Å². The van der Waals surface area contributed by atoms with Crippen molar-refractivity contribution in [1.29, 1.82) is 0 Å². The Morgan fingerprint density at radius 3 is 2.36 bits per heavy atom. The maximum Gasteiger partial charge on any atom is 0.433 e. The molecule has 2 atom stereocenters. The zero-order valence-corrected chi connectivity index (χ0v) is 35.8. The third-order valence-corrected chi connectivity index (χ3v) is 13.9. The maximum atomic E-state index is 13.5. The van der Waals surface area contributed by atoms with Crippen molar-refractivity contribution in [3.05, 3.63) is 76.6 Å². The van der Waals surface area contributed by atoms with E-state index < -0.39 is 53.4 Å². The molecule has 64 heavy (non-hydrogen) atoms. The first-order chi connectivity index (χ1) is 30.4. The zero-order valence-electron chi connectivity index (χ0n) is 35.8. The zero-order chi connectivity index (χ0) is 45.1. The highest BCUT2D eigenvalue weighted by atomic mass is 19.4. The van der Waals surface area contributed by atoms with E-state index in [1.807, 2.05) is 0 Å². The third-order valence-electron chi connectivity index (χ3n) is 13.9. The molecular weight excluding hydrogens is 834 g/mol. The molecule has 9 rings (SSSR count). The van der Waals surface area contributed by atoms with Crippen molar-refractivity contribution in [3.63, 3.8) is 0 Å². The molecule has 2 aromatic carbocycles. The highest BCUT2D eigenvalue weighted by Gasteiger charge is 2.47. The Morgan fingerprint density at radius 2 is 1.66 bits per heavy atom. The number of carbonyl (C=O) groups excluding carboxylic acids is 4. The van der Waals surface area contributed by atoms with Gasteiger partial charge in [-0.15, -0.1) is 0 Å². The molecule has 5 aliphatic rings. The van der Waals surface area contributed by atoms with Crippen molar-refractivity contribution in [2.24, 2.45) is 17.3 Å². The molecule has 4 aliphatic heterocycles. The fourth-order valence-corrected chi connectivity index (χ4v) is 10.4. The number of nitrogens with one attached hydrogen (secondary N) is 3. The first kappa shape index (κ1) is 43.7. The fraction of sp³-hybridized carbons (Fsp3) is 0.522. The number of rotatable bonds is 12. The Hall–Kier alpha value is -5.59. The minimum absolute atomic E-state index is 0.0762. The average molecular weight is 887 g/mol. The lowest BCUT2D eigenvalue weighted by atomic mass is 9.57. The standard InChI is InChI=1S/C46H53F3N8O7/c1-44(2,63)29-21-33-35(22-32(29)52-39(59)31-7-4-8-36(51-31)46(47,48)49)64-43(53-33)56-17-12-26(13-18-56)25-55-19-14-45(15-20-55)23-27(24-45)11-16-50-30-6-3-5-28-38(30)42(62)57(41(28)61)34-9-10-37(58)54-40(34)60/h3-8,21-22,26-27,34,39,50,52,59,63H,9-20,23-25H2,1-2H3,(H,54,58,60). The van der Waals surface area contributed by atoms with Gasteiger partial charge in [-0.1, -0.05) is 12.1 Å². The Kier molecular flexibility index (Phi) is 11.4. The molecule has 340 valence electrons. The van der Waals surface area contributed by atoms with Crippen molar-refractivity contribution in [1.82, 2.24) is 25.1 Å². The van der Waals surface area contributed by atoms with E-state index in [4.69, 9.17) is 9.40 Å². The minimum Gasteiger partial charge on any atom is -0.423 e. The lowest BCUT2D eigenvalue weighted by Crippen LogP contribution is -2.54. The van der Waals surface area contributed by atoms with Gasteiger partial charge >= 0.3 is 6.18 Å². The Balaban J connectivity index is 0.730. The van der Waals surface area contributed by atoms with E-state index in [-0.39, 0.29) is 35.3 Å². The molecule has 2 aromatic heterocycles. The number of aliphatic hydroxyl groups excluding tert-OH is 1. The summed E-state index contributed by atoms with van der Waals surface area (Å²) in [4.78, 5) is 64.8. The molecule has 1 spiro atoms. The second-order valence-corrected chi connectivity index (χ2v) is 18.8. The topological polar surface area (TPSA) is 193 Å². The number of anilines is 3. The summed E-state index contributed by atoms with van der Waals surface area (Å²) in [5.41, 5.74) is 0.375. The van der Waals surface area contributed by atoms with Crippen LogP contribution >= 0.6 is 0 Å². The average Bonchev–Trinajstić information content (AvgIpc) is 3.77. The summed E-state index contributed by atoms with van der Waals surface area (Å²) in [6.45, 7) is 8.53. The molecule has 4 aromatic rings. The fourth-order valence-electron chi connectivity index (χ4n) is 10.4. The van der Waals surface area contributed by atoms with E-state index in [9.17, 15) is 42.6 Å². The molecule has 0 bridgehead atoms. The summed E-state index contributed by atoms with van der Waals surface area (Å²) < 4.78 is 46.1. The lowest BCUT2D eigenvalue weighted by molar-refractivity contribution is -0.141. The van der Waals surface area contributed by atoms with E-state index in [2.05, 4.69) is 30.7 Å². The van der Waals surface area contributed by atoms with Gasteiger partial charge in [0.15, 0.2) is 11.8 Å². The maximum absolute atomic E-state index is 13.5. The largest absolute Gasteiger partial charge is 0.433 e. The molecule has 6 heterocycles. The van der Waals surface area contributed by atoms with E-state index >= 15 is 0 Å². The number of fused-ring (bicyclic) bond motifs is 2. The predicted octanol–water partition coefficient (Wildman–Crippen LogP) is 6.18. The number of piperidine rings is 3. The van der Waals surface area contributed by atoms with Crippen LogP contribution in [0.25, 0.3) is 11.1 Å². The molecule has 15 nitrogen and oxygen atoms in total. The number of nitrogens with zero attached hydrogens (tertiary/aromatic N) is 5. The van der Waals surface area contributed by atoms with Gasteiger partial charge in [0.05, 0.1) is 22.4 Å². The van der Waals surface area contributed by atoms with Gasteiger partial charge in [-0.05, 0) is 126 Å². The van der Waals surface area contributed by atoms with Gasteiger partial charge in [0.2, 0.25) is 11.8 Å². The summed E-state index contributed by atoms with van der Waals surface area (Å²) in [5, 5.41) is 30.3. The second kappa shape index (κ2) is 16.8. The number of hydrogen-bond donors (Lipinski definition) is 5. The van der Waals surface area contributed by atoms with Crippen molar-refractivity contribution in [3.8, 4) is 0 Å². The van der Waals surface area contributed by atoms with Crippen LogP contribution in [0, 0.1) is 17.3 Å². The number of pyridine rings is 1. The van der Waals surface area contributed by atoms with Crippen LogP contribution in [0.3, 0.4) is 0 Å². The molecule has 0 radical (unpaired) electrons. The lowest BCUT2D eigenvalue weighted by Gasteiger charge is -2.53. The Bertz CT molecular complexity index is 2460. The number of halogens is 3. The quantitative estimate of drug-likeness (QED) is 0.0801. The van der Waals surface area contributed by atoms with Crippen LogP contribution in [0.5, 0.6) is 0 Å². The number of aliphatic hydroxyl groups is 2. The van der Waals surface area contributed by atoms with Crippen LogP contribution in [0.1, 0.15) is 116 Å².